The number of likely N-dealkylation sites (N-methyl/N-ethyl adjacent to an activating group) is 1. The maximum atomic E-state index is 11.1. The molecule has 5 nitrogen and oxygen atoms in total. The van der Waals surface area contributed by atoms with E-state index in [2.05, 4.69) is 29.5 Å². The summed E-state index contributed by atoms with van der Waals surface area (Å²) in [7, 11) is 1.58. The summed E-state index contributed by atoms with van der Waals surface area (Å²) in [5.74, 6) is 0.523. The minimum Gasteiger partial charge on any atom is -0.483 e. The molecule has 0 atom stereocenters. The largest absolute Gasteiger partial charge is 0.483 e. The fraction of sp³-hybridized carbons (Fsp3) is 0.375. The number of fused-ring (bicyclic) bond motifs is 1. The van der Waals surface area contributed by atoms with E-state index >= 15 is 0 Å². The van der Waals surface area contributed by atoms with Crippen LogP contribution in [-0.4, -0.2) is 37.6 Å². The summed E-state index contributed by atoms with van der Waals surface area (Å²) >= 11 is 0. The molecule has 0 bridgehead atoms. The van der Waals surface area contributed by atoms with Crippen LogP contribution in [0.1, 0.15) is 13.8 Å². The smallest absolute Gasteiger partial charge is 0.257 e. The number of nitrogens with zero attached hydrogens (tertiary/aromatic N) is 1. The van der Waals surface area contributed by atoms with Crippen molar-refractivity contribution in [3.63, 3.8) is 0 Å². The Morgan fingerprint density at radius 3 is 2.57 bits per heavy atom. The van der Waals surface area contributed by atoms with Gasteiger partial charge in [-0.15, -0.1) is 0 Å². The number of pyridine rings is 1. The Balaban J connectivity index is 0.000000383. The van der Waals surface area contributed by atoms with Gasteiger partial charge < -0.3 is 15.4 Å². The van der Waals surface area contributed by atoms with Crippen LogP contribution < -0.4 is 15.4 Å². The second kappa shape index (κ2) is 9.72. The number of nitrogens with one attached hydrogen (secondary N) is 2. The van der Waals surface area contributed by atoms with Crippen molar-refractivity contribution in [1.29, 1.82) is 0 Å². The van der Waals surface area contributed by atoms with Gasteiger partial charge in [-0.2, -0.15) is 0 Å². The molecule has 0 aliphatic heterocycles. The zero-order valence-corrected chi connectivity index (χ0v) is 12.8. The predicted octanol–water partition coefficient (Wildman–Crippen LogP) is 1.98. The second-order valence-corrected chi connectivity index (χ2v) is 4.25. The Morgan fingerprint density at radius 1 is 1.19 bits per heavy atom. The molecule has 2 rings (SSSR count). The molecule has 0 spiro atoms. The Hall–Kier alpha value is -2.14. The van der Waals surface area contributed by atoms with Crippen LogP contribution in [0.15, 0.2) is 36.5 Å². The maximum Gasteiger partial charge on any atom is 0.257 e. The van der Waals surface area contributed by atoms with Gasteiger partial charge in [0.05, 0.1) is 5.52 Å². The van der Waals surface area contributed by atoms with Gasteiger partial charge in [-0.1, -0.05) is 19.9 Å². The Morgan fingerprint density at radius 2 is 1.95 bits per heavy atom. The van der Waals surface area contributed by atoms with Gasteiger partial charge in [0, 0.05) is 18.6 Å². The number of hydrogen-bond acceptors (Lipinski definition) is 4. The van der Waals surface area contributed by atoms with Crippen molar-refractivity contribution in [2.45, 2.75) is 13.8 Å². The van der Waals surface area contributed by atoms with Crippen LogP contribution in [0.2, 0.25) is 0 Å². The number of benzene rings is 1. The molecule has 21 heavy (non-hydrogen) atoms. The summed E-state index contributed by atoms with van der Waals surface area (Å²) in [5.41, 5.74) is 0.858. The van der Waals surface area contributed by atoms with Gasteiger partial charge in [0.2, 0.25) is 0 Å². The molecule has 1 aromatic heterocycles. The van der Waals surface area contributed by atoms with E-state index in [9.17, 15) is 4.79 Å². The van der Waals surface area contributed by atoms with Crippen molar-refractivity contribution >= 4 is 16.8 Å². The van der Waals surface area contributed by atoms with E-state index in [1.165, 1.54) is 0 Å². The van der Waals surface area contributed by atoms with Crippen LogP contribution in [0.5, 0.6) is 5.75 Å². The van der Waals surface area contributed by atoms with E-state index in [1.807, 2.05) is 30.3 Å². The first kappa shape index (κ1) is 16.9. The van der Waals surface area contributed by atoms with E-state index in [0.717, 1.165) is 24.0 Å². The van der Waals surface area contributed by atoms with Gasteiger partial charge in [-0.3, -0.25) is 9.78 Å². The lowest BCUT2D eigenvalue weighted by molar-refractivity contribution is -0.122. The first-order valence-electron chi connectivity index (χ1n) is 7.10. The molecule has 0 unspecified atom stereocenters. The summed E-state index contributed by atoms with van der Waals surface area (Å²) in [6, 6.07) is 9.35. The second-order valence-electron chi connectivity index (χ2n) is 4.25. The standard InChI is InChI=1S/C12H12N2O2.C4H11N/c1-13-12(15)8-16-11-6-2-5-10-9(11)4-3-7-14-10;1-3-5-4-2/h2-7H,8H2,1H3,(H,13,15);5H,3-4H2,1-2H3. The molecule has 1 amide bonds. The Kier molecular flexibility index (Phi) is 7.82. The highest BCUT2D eigenvalue weighted by molar-refractivity contribution is 5.85. The number of carbonyl (C=O) groups is 1. The number of rotatable bonds is 5. The number of hydrogen-bond donors (Lipinski definition) is 2. The lowest BCUT2D eigenvalue weighted by atomic mass is 10.2. The number of aromatic nitrogens is 1. The zero-order chi connectivity index (χ0) is 15.5. The fourth-order valence-electron chi connectivity index (χ4n) is 1.67. The van der Waals surface area contributed by atoms with Gasteiger partial charge in [0.1, 0.15) is 5.75 Å². The van der Waals surface area contributed by atoms with Gasteiger partial charge in [-0.25, -0.2) is 0 Å². The van der Waals surface area contributed by atoms with E-state index in [4.69, 9.17) is 4.74 Å². The van der Waals surface area contributed by atoms with Crippen LogP contribution in [0.25, 0.3) is 10.9 Å². The van der Waals surface area contributed by atoms with E-state index in [1.54, 1.807) is 13.2 Å². The lowest BCUT2D eigenvalue weighted by Gasteiger charge is -2.07. The van der Waals surface area contributed by atoms with Crippen molar-refractivity contribution in [2.75, 3.05) is 26.7 Å². The average molecular weight is 289 g/mol. The van der Waals surface area contributed by atoms with Crippen LogP contribution >= 0.6 is 0 Å². The van der Waals surface area contributed by atoms with Crippen LogP contribution in [0.3, 0.4) is 0 Å². The number of amides is 1. The number of ether oxygens (including phenoxy) is 1. The molecule has 114 valence electrons. The molecule has 2 aromatic rings. The molecule has 0 aliphatic carbocycles. The monoisotopic (exact) mass is 289 g/mol. The molecule has 1 aromatic carbocycles. The summed E-state index contributed by atoms with van der Waals surface area (Å²) in [6.45, 7) is 6.41. The highest BCUT2D eigenvalue weighted by Gasteiger charge is 2.04. The molecule has 0 fully saturated rings. The van der Waals surface area contributed by atoms with Crippen molar-refractivity contribution in [3.8, 4) is 5.75 Å². The Bertz CT molecular complexity index is 551. The normalized spacial score (nSPS) is 9.67. The molecular weight excluding hydrogens is 266 g/mol. The van der Waals surface area contributed by atoms with Crippen LogP contribution in [-0.2, 0) is 4.79 Å². The Labute approximate surface area is 125 Å². The quantitative estimate of drug-likeness (QED) is 0.883. The van der Waals surface area contributed by atoms with Crippen molar-refractivity contribution < 1.29 is 9.53 Å². The molecule has 1 heterocycles. The third kappa shape index (κ3) is 5.79. The summed E-state index contributed by atoms with van der Waals surface area (Å²) in [6.07, 6.45) is 1.73. The van der Waals surface area contributed by atoms with E-state index in [0.29, 0.717) is 5.75 Å². The van der Waals surface area contributed by atoms with E-state index in [-0.39, 0.29) is 12.5 Å². The maximum absolute atomic E-state index is 11.1. The van der Waals surface area contributed by atoms with E-state index < -0.39 is 0 Å². The number of carbonyl (C=O) groups excluding carboxylic acids is 1. The molecule has 0 saturated carbocycles. The van der Waals surface area contributed by atoms with Crippen LogP contribution in [0.4, 0.5) is 0 Å². The predicted molar refractivity (Wildman–Crippen MR) is 85.5 cm³/mol. The highest BCUT2D eigenvalue weighted by Crippen LogP contribution is 2.23. The first-order valence-corrected chi connectivity index (χ1v) is 7.10. The molecular formula is C16H23N3O2. The summed E-state index contributed by atoms with van der Waals surface area (Å²) in [5, 5.41) is 6.53. The minimum absolute atomic E-state index is 0.0184. The summed E-state index contributed by atoms with van der Waals surface area (Å²) < 4.78 is 5.42. The van der Waals surface area contributed by atoms with Crippen LogP contribution in [0, 0.1) is 0 Å². The molecule has 0 saturated heterocycles. The topological polar surface area (TPSA) is 63.2 Å². The summed E-state index contributed by atoms with van der Waals surface area (Å²) in [4.78, 5) is 15.3. The molecule has 0 aliphatic rings. The molecule has 5 heteroatoms. The highest BCUT2D eigenvalue weighted by atomic mass is 16.5. The zero-order valence-electron chi connectivity index (χ0n) is 12.8. The average Bonchev–Trinajstić information content (AvgIpc) is 2.54. The fourth-order valence-corrected chi connectivity index (χ4v) is 1.67. The molecule has 2 N–H and O–H groups in total. The SMILES string of the molecule is CCNCC.CNC(=O)COc1cccc2ncccc12. The first-order chi connectivity index (χ1) is 10.2. The van der Waals surface area contributed by atoms with Gasteiger partial charge >= 0.3 is 0 Å². The van der Waals surface area contributed by atoms with Gasteiger partial charge in [0.25, 0.3) is 5.91 Å². The minimum atomic E-state index is -0.152. The lowest BCUT2D eigenvalue weighted by Crippen LogP contribution is -2.24. The third-order valence-electron chi connectivity index (χ3n) is 2.74. The molecule has 0 radical (unpaired) electrons. The van der Waals surface area contributed by atoms with Gasteiger partial charge in [0.15, 0.2) is 6.61 Å². The van der Waals surface area contributed by atoms with Crippen molar-refractivity contribution in [2.24, 2.45) is 0 Å². The van der Waals surface area contributed by atoms with Crippen molar-refractivity contribution in [1.82, 2.24) is 15.6 Å². The van der Waals surface area contributed by atoms with Crippen molar-refractivity contribution in [3.05, 3.63) is 36.5 Å². The third-order valence-corrected chi connectivity index (χ3v) is 2.74. The van der Waals surface area contributed by atoms with Gasteiger partial charge in [-0.05, 0) is 37.4 Å².